The van der Waals surface area contributed by atoms with Crippen LogP contribution in [0.2, 0.25) is 4.34 Å². The Morgan fingerprint density at radius 1 is 1.25 bits per heavy atom. The molecule has 0 bridgehead atoms. The van der Waals surface area contributed by atoms with Crippen LogP contribution in [0.4, 0.5) is 17.6 Å². The molecule has 0 aliphatic rings. The van der Waals surface area contributed by atoms with Crippen LogP contribution in [0.15, 0.2) is 24.3 Å². The minimum absolute atomic E-state index is 0.297. The summed E-state index contributed by atoms with van der Waals surface area (Å²) in [4.78, 5) is 0.297. The van der Waals surface area contributed by atoms with Gasteiger partial charge in [-0.2, -0.15) is 13.2 Å². The summed E-state index contributed by atoms with van der Waals surface area (Å²) >= 11 is 6.85. The molecule has 0 aliphatic heterocycles. The molecule has 2 aromatic rings. The van der Waals surface area contributed by atoms with Crippen molar-refractivity contribution < 1.29 is 22.7 Å². The molecule has 1 aromatic heterocycles. The third-order valence-electron chi connectivity index (χ3n) is 2.76. The van der Waals surface area contributed by atoms with Gasteiger partial charge in [0.2, 0.25) is 0 Å². The van der Waals surface area contributed by atoms with Gasteiger partial charge in [0.1, 0.15) is 11.9 Å². The first kappa shape index (κ1) is 15.3. The maximum atomic E-state index is 13.6. The summed E-state index contributed by atoms with van der Waals surface area (Å²) < 4.78 is 51.9. The predicted molar refractivity (Wildman–Crippen MR) is 69.5 cm³/mol. The summed E-state index contributed by atoms with van der Waals surface area (Å²) in [5.74, 6) is -0.896. The molecule has 0 spiro atoms. The molecule has 1 nitrogen and oxygen atoms in total. The van der Waals surface area contributed by atoms with Gasteiger partial charge in [-0.25, -0.2) is 4.39 Å². The van der Waals surface area contributed by atoms with Gasteiger partial charge < -0.3 is 5.11 Å². The molecule has 0 saturated carbocycles. The van der Waals surface area contributed by atoms with Gasteiger partial charge in [-0.3, -0.25) is 0 Å². The van der Waals surface area contributed by atoms with E-state index in [9.17, 15) is 22.7 Å². The van der Waals surface area contributed by atoms with Crippen molar-refractivity contribution >= 4 is 22.9 Å². The number of hydrogen-bond acceptors (Lipinski definition) is 2. The molecule has 1 aromatic carbocycles. The van der Waals surface area contributed by atoms with Crippen molar-refractivity contribution in [2.75, 3.05) is 0 Å². The minimum atomic E-state index is -4.59. The number of aryl methyl sites for hydroxylation is 1. The fourth-order valence-electron chi connectivity index (χ4n) is 1.70. The molecular weight excluding hydrogens is 316 g/mol. The van der Waals surface area contributed by atoms with Crippen molar-refractivity contribution in [3.63, 3.8) is 0 Å². The van der Waals surface area contributed by atoms with Gasteiger partial charge in [0.15, 0.2) is 0 Å². The monoisotopic (exact) mass is 324 g/mol. The smallest absolute Gasteiger partial charge is 0.383 e. The highest BCUT2D eigenvalue weighted by Crippen LogP contribution is 2.37. The van der Waals surface area contributed by atoms with E-state index >= 15 is 0 Å². The number of halogens is 5. The minimum Gasteiger partial charge on any atom is -0.383 e. The van der Waals surface area contributed by atoms with E-state index in [1.165, 1.54) is 6.07 Å². The molecule has 0 amide bonds. The molecular formula is C13H9ClF4OS. The van der Waals surface area contributed by atoms with E-state index < -0.39 is 29.2 Å². The summed E-state index contributed by atoms with van der Waals surface area (Å²) in [5.41, 5.74) is -0.747. The first-order valence-electron chi connectivity index (χ1n) is 5.50. The van der Waals surface area contributed by atoms with Crippen LogP contribution in [0, 0.1) is 12.7 Å². The molecule has 1 N–H and O–H groups in total. The average Bonchev–Trinajstić information content (AvgIpc) is 2.68. The number of aliphatic hydroxyl groups is 1. The van der Waals surface area contributed by atoms with Crippen molar-refractivity contribution in [2.45, 2.75) is 19.2 Å². The van der Waals surface area contributed by atoms with E-state index in [0.717, 1.165) is 11.3 Å². The lowest BCUT2D eigenvalue weighted by atomic mass is 10.0. The van der Waals surface area contributed by atoms with Crippen molar-refractivity contribution in [1.82, 2.24) is 0 Å². The highest BCUT2D eigenvalue weighted by molar-refractivity contribution is 7.16. The largest absolute Gasteiger partial charge is 0.416 e. The summed E-state index contributed by atoms with van der Waals surface area (Å²) in [5, 5.41) is 10.0. The fraction of sp³-hybridized carbons (Fsp3) is 0.231. The van der Waals surface area contributed by atoms with E-state index in [4.69, 9.17) is 11.6 Å². The first-order chi connectivity index (χ1) is 9.20. The number of hydrogen-bond donors (Lipinski definition) is 1. The zero-order chi connectivity index (χ0) is 15.1. The maximum Gasteiger partial charge on any atom is 0.416 e. The highest BCUT2D eigenvalue weighted by Gasteiger charge is 2.32. The number of thiophene rings is 1. The third kappa shape index (κ3) is 2.97. The Morgan fingerprint density at radius 2 is 1.90 bits per heavy atom. The van der Waals surface area contributed by atoms with Crippen LogP contribution in [0.25, 0.3) is 0 Å². The van der Waals surface area contributed by atoms with Gasteiger partial charge in [0.25, 0.3) is 0 Å². The van der Waals surface area contributed by atoms with Gasteiger partial charge >= 0.3 is 6.18 Å². The van der Waals surface area contributed by atoms with Gasteiger partial charge in [0.05, 0.1) is 9.90 Å². The standard InChI is InChI=1S/C13H9ClF4OS/c1-6-4-10(20-12(6)14)11(19)8-5-7(13(16,17)18)2-3-9(8)15/h2-5,11,19H,1H3. The number of benzene rings is 1. The Kier molecular flexibility index (Phi) is 4.09. The van der Waals surface area contributed by atoms with E-state index in [1.807, 2.05) is 0 Å². The van der Waals surface area contributed by atoms with E-state index in [2.05, 4.69) is 0 Å². The van der Waals surface area contributed by atoms with Crippen LogP contribution in [0.1, 0.15) is 27.7 Å². The van der Waals surface area contributed by atoms with Crippen LogP contribution < -0.4 is 0 Å². The Bertz CT molecular complexity index is 616. The summed E-state index contributed by atoms with van der Waals surface area (Å²) in [6.07, 6.45) is -6.07. The van der Waals surface area contributed by atoms with Crippen molar-refractivity contribution in [1.29, 1.82) is 0 Å². The Hall–Kier alpha value is -1.11. The summed E-state index contributed by atoms with van der Waals surface area (Å²) in [6, 6.07) is 3.47. The highest BCUT2D eigenvalue weighted by atomic mass is 35.5. The van der Waals surface area contributed by atoms with E-state index in [0.29, 0.717) is 33.0 Å². The van der Waals surface area contributed by atoms with Gasteiger partial charge in [-0.15, -0.1) is 11.3 Å². The van der Waals surface area contributed by atoms with E-state index in [1.54, 1.807) is 6.92 Å². The van der Waals surface area contributed by atoms with Crippen molar-refractivity contribution in [3.05, 3.63) is 56.0 Å². The topological polar surface area (TPSA) is 20.2 Å². The third-order valence-corrected chi connectivity index (χ3v) is 4.37. The predicted octanol–water partition coefficient (Wildman–Crippen LogP) is 4.95. The van der Waals surface area contributed by atoms with Crippen LogP contribution >= 0.6 is 22.9 Å². The maximum absolute atomic E-state index is 13.6. The molecule has 20 heavy (non-hydrogen) atoms. The van der Waals surface area contributed by atoms with Gasteiger partial charge in [-0.1, -0.05) is 11.6 Å². The number of rotatable bonds is 2. The molecule has 1 heterocycles. The Morgan fingerprint density at radius 3 is 2.40 bits per heavy atom. The van der Waals surface area contributed by atoms with Gasteiger partial charge in [-0.05, 0) is 36.8 Å². The van der Waals surface area contributed by atoms with Crippen LogP contribution in [0.5, 0.6) is 0 Å². The molecule has 0 saturated heterocycles. The first-order valence-corrected chi connectivity index (χ1v) is 6.70. The second kappa shape index (κ2) is 5.35. The lowest BCUT2D eigenvalue weighted by molar-refractivity contribution is -0.137. The lowest BCUT2D eigenvalue weighted by Crippen LogP contribution is -2.08. The zero-order valence-corrected chi connectivity index (χ0v) is 11.7. The Balaban J connectivity index is 2.46. The molecule has 0 radical (unpaired) electrons. The second-order valence-corrected chi connectivity index (χ2v) is 5.93. The molecule has 0 fully saturated rings. The Labute approximate surface area is 121 Å². The normalized spacial score (nSPS) is 13.6. The molecule has 0 aliphatic carbocycles. The molecule has 7 heteroatoms. The molecule has 2 rings (SSSR count). The molecule has 108 valence electrons. The zero-order valence-electron chi connectivity index (χ0n) is 10.1. The molecule has 1 atom stereocenters. The average molecular weight is 325 g/mol. The second-order valence-electron chi connectivity index (χ2n) is 4.24. The summed E-state index contributed by atoms with van der Waals surface area (Å²) in [7, 11) is 0. The van der Waals surface area contributed by atoms with Crippen molar-refractivity contribution in [2.24, 2.45) is 0 Å². The quantitative estimate of drug-likeness (QED) is 0.775. The van der Waals surface area contributed by atoms with Crippen LogP contribution in [-0.4, -0.2) is 5.11 Å². The summed E-state index contributed by atoms with van der Waals surface area (Å²) in [6.45, 7) is 1.69. The van der Waals surface area contributed by atoms with Gasteiger partial charge in [0, 0.05) is 10.4 Å². The molecule has 1 unspecified atom stereocenters. The lowest BCUT2D eigenvalue weighted by Gasteiger charge is -2.13. The fourth-order valence-corrected chi connectivity index (χ4v) is 2.92. The number of aliphatic hydroxyl groups excluding tert-OH is 1. The number of alkyl halides is 3. The SMILES string of the molecule is Cc1cc(C(O)c2cc(C(F)(F)F)ccc2F)sc1Cl. The van der Waals surface area contributed by atoms with Crippen molar-refractivity contribution in [3.8, 4) is 0 Å². The van der Waals surface area contributed by atoms with E-state index in [-0.39, 0.29) is 0 Å². The van der Waals surface area contributed by atoms with Crippen LogP contribution in [-0.2, 0) is 6.18 Å². The van der Waals surface area contributed by atoms with Crippen LogP contribution in [0.3, 0.4) is 0 Å².